The number of hydrogen-bond acceptors (Lipinski definition) is 0. The van der Waals surface area contributed by atoms with E-state index in [1.807, 2.05) is 18.2 Å². The van der Waals surface area contributed by atoms with Gasteiger partial charge >= 0.3 is 0 Å². The lowest BCUT2D eigenvalue weighted by molar-refractivity contribution is 1.64. The molecule has 0 saturated heterocycles. The monoisotopic (exact) mass is 202 g/mol. The van der Waals surface area contributed by atoms with Crippen molar-refractivity contribution < 1.29 is 0 Å². The molecule has 0 heterocycles. The first-order valence-electron chi connectivity index (χ1n) is 4.55. The van der Waals surface area contributed by atoms with Gasteiger partial charge in [-0.2, -0.15) is 0 Å². The van der Waals surface area contributed by atoms with Crippen LogP contribution in [0.3, 0.4) is 0 Å². The van der Waals surface area contributed by atoms with Crippen molar-refractivity contribution >= 4 is 27.9 Å². The molecule has 2 aromatic rings. The van der Waals surface area contributed by atoms with E-state index < -0.39 is 0 Å². The van der Waals surface area contributed by atoms with Gasteiger partial charge in [0.1, 0.15) is 0 Å². The van der Waals surface area contributed by atoms with Gasteiger partial charge in [-0.25, -0.2) is 0 Å². The minimum Gasteiger partial charge on any atom is -0.122 e. The van der Waals surface area contributed by atoms with Crippen molar-refractivity contribution in [1.82, 2.24) is 0 Å². The minimum absolute atomic E-state index is 0.480. The van der Waals surface area contributed by atoms with Gasteiger partial charge in [0.15, 0.2) is 0 Å². The fraction of sp³-hybridized carbons (Fsp3) is 0.0769. The van der Waals surface area contributed by atoms with Crippen LogP contribution in [0.25, 0.3) is 16.3 Å². The Morgan fingerprint density at radius 2 is 1.79 bits per heavy atom. The lowest BCUT2D eigenvalue weighted by Crippen LogP contribution is -1.85. The van der Waals surface area contributed by atoms with Crippen molar-refractivity contribution in [2.45, 2.75) is 0 Å². The predicted molar refractivity (Wildman–Crippen MR) is 63.7 cm³/mol. The van der Waals surface area contributed by atoms with Crippen molar-refractivity contribution in [2.24, 2.45) is 0 Å². The summed E-state index contributed by atoms with van der Waals surface area (Å²) in [5.41, 5.74) is 2.13. The molecule has 0 aromatic heterocycles. The summed E-state index contributed by atoms with van der Waals surface area (Å²) in [6, 6.07) is 14.5. The molecule has 0 nitrogen and oxygen atoms in total. The molecule has 0 fully saturated rings. The number of allylic oxidation sites excluding steroid dienone is 1. The van der Waals surface area contributed by atoms with E-state index in [0.29, 0.717) is 5.88 Å². The molecule has 0 radical (unpaired) electrons. The number of fused-ring (bicyclic) bond motifs is 1. The first-order valence-corrected chi connectivity index (χ1v) is 5.08. The molecular formula is C13H11Cl. The van der Waals surface area contributed by atoms with Crippen LogP contribution in [0, 0.1) is 0 Å². The molecule has 0 bridgehead atoms. The van der Waals surface area contributed by atoms with Crippen LogP contribution in [0.2, 0.25) is 0 Å². The minimum atomic E-state index is 0.480. The van der Waals surface area contributed by atoms with Gasteiger partial charge in [-0.05, 0) is 21.9 Å². The molecule has 0 spiro atoms. The van der Waals surface area contributed by atoms with E-state index in [9.17, 15) is 0 Å². The molecule has 1 heteroatoms. The van der Waals surface area contributed by atoms with Crippen LogP contribution in [0.4, 0.5) is 0 Å². The number of alkyl halides is 1. The third-order valence-electron chi connectivity index (χ3n) is 2.33. The summed E-state index contributed by atoms with van der Waals surface area (Å²) >= 11 is 5.79. The first kappa shape index (κ1) is 9.29. The van der Waals surface area contributed by atoms with E-state index >= 15 is 0 Å². The quantitative estimate of drug-likeness (QED) is 0.644. The van der Waals surface area contributed by atoms with Crippen LogP contribution in [-0.4, -0.2) is 5.88 Å². The Labute approximate surface area is 88.8 Å². The van der Waals surface area contributed by atoms with Gasteiger partial charge in [0, 0.05) is 5.88 Å². The largest absolute Gasteiger partial charge is 0.122 e. The molecule has 2 rings (SSSR count). The Morgan fingerprint density at radius 3 is 2.57 bits per heavy atom. The van der Waals surface area contributed by atoms with Crippen LogP contribution in [0.5, 0.6) is 0 Å². The number of halogens is 1. The van der Waals surface area contributed by atoms with Gasteiger partial charge in [0.05, 0.1) is 0 Å². The number of rotatable bonds is 2. The normalized spacial score (nSPS) is 10.4. The topological polar surface area (TPSA) is 0 Å². The van der Waals surface area contributed by atoms with Crippen molar-refractivity contribution in [2.75, 3.05) is 5.88 Å². The predicted octanol–water partition coefficient (Wildman–Crippen LogP) is 4.09. The summed E-state index contributed by atoms with van der Waals surface area (Å²) < 4.78 is 0. The highest BCUT2D eigenvalue weighted by atomic mass is 35.5. The van der Waals surface area contributed by atoms with E-state index in [0.717, 1.165) is 11.1 Å². The molecule has 2 aromatic carbocycles. The lowest BCUT2D eigenvalue weighted by Gasteiger charge is -2.06. The highest BCUT2D eigenvalue weighted by Crippen LogP contribution is 2.24. The summed E-state index contributed by atoms with van der Waals surface area (Å²) in [5, 5.41) is 2.46. The highest BCUT2D eigenvalue weighted by Gasteiger charge is 2.01. The molecule has 14 heavy (non-hydrogen) atoms. The molecule has 0 unspecified atom stereocenters. The first-order chi connectivity index (χ1) is 6.83. The van der Waals surface area contributed by atoms with Gasteiger partial charge in [0.2, 0.25) is 0 Å². The zero-order valence-corrected chi connectivity index (χ0v) is 8.59. The van der Waals surface area contributed by atoms with Gasteiger partial charge in [-0.3, -0.25) is 0 Å². The molecule has 0 aliphatic heterocycles. The molecule has 0 aliphatic carbocycles. The Morgan fingerprint density at radius 1 is 1.07 bits per heavy atom. The van der Waals surface area contributed by atoms with Crippen molar-refractivity contribution in [1.29, 1.82) is 0 Å². The molecule has 70 valence electrons. The van der Waals surface area contributed by atoms with E-state index in [1.165, 1.54) is 10.8 Å². The van der Waals surface area contributed by atoms with E-state index in [4.69, 9.17) is 11.6 Å². The maximum absolute atomic E-state index is 5.79. The Hall–Kier alpha value is -1.27. The number of hydrogen-bond donors (Lipinski definition) is 0. The van der Waals surface area contributed by atoms with Gasteiger partial charge < -0.3 is 0 Å². The van der Waals surface area contributed by atoms with Crippen LogP contribution < -0.4 is 0 Å². The Kier molecular flexibility index (Phi) is 2.55. The smallest absolute Gasteiger partial charge is 0.0474 e. The summed E-state index contributed by atoms with van der Waals surface area (Å²) in [7, 11) is 0. The molecule has 0 saturated carbocycles. The van der Waals surface area contributed by atoms with Gasteiger partial charge in [-0.1, -0.05) is 49.0 Å². The average molecular weight is 203 g/mol. The van der Waals surface area contributed by atoms with Gasteiger partial charge in [0.25, 0.3) is 0 Å². The number of benzene rings is 2. The zero-order valence-electron chi connectivity index (χ0n) is 7.83. The Bertz CT molecular complexity index is 466. The maximum Gasteiger partial charge on any atom is 0.0474 e. The van der Waals surface area contributed by atoms with Crippen LogP contribution in [0.15, 0.2) is 49.0 Å². The highest BCUT2D eigenvalue weighted by molar-refractivity contribution is 6.23. The second-order valence-corrected chi connectivity index (χ2v) is 3.53. The SMILES string of the molecule is C=C(CCl)c1cccc2ccccc12. The molecule has 0 atom stereocenters. The third-order valence-corrected chi connectivity index (χ3v) is 2.65. The summed E-state index contributed by atoms with van der Waals surface area (Å²) in [6.07, 6.45) is 0. The maximum atomic E-state index is 5.79. The third kappa shape index (κ3) is 1.53. The van der Waals surface area contributed by atoms with E-state index in [1.54, 1.807) is 0 Å². The second-order valence-electron chi connectivity index (χ2n) is 3.26. The van der Waals surface area contributed by atoms with Crippen molar-refractivity contribution in [3.63, 3.8) is 0 Å². The van der Waals surface area contributed by atoms with Gasteiger partial charge in [-0.15, -0.1) is 11.6 Å². The van der Waals surface area contributed by atoms with E-state index in [2.05, 4.69) is 30.8 Å². The molecule has 0 amide bonds. The van der Waals surface area contributed by atoms with Crippen molar-refractivity contribution in [3.8, 4) is 0 Å². The average Bonchev–Trinajstić information content (AvgIpc) is 2.27. The van der Waals surface area contributed by atoms with Crippen LogP contribution in [-0.2, 0) is 0 Å². The molecule has 0 N–H and O–H groups in total. The fourth-order valence-electron chi connectivity index (χ4n) is 1.61. The summed E-state index contributed by atoms with van der Waals surface area (Å²) in [5.74, 6) is 0.480. The van der Waals surface area contributed by atoms with E-state index in [-0.39, 0.29) is 0 Å². The molecular weight excluding hydrogens is 192 g/mol. The van der Waals surface area contributed by atoms with Crippen LogP contribution in [0.1, 0.15) is 5.56 Å². The zero-order chi connectivity index (χ0) is 9.97. The van der Waals surface area contributed by atoms with Crippen molar-refractivity contribution in [3.05, 3.63) is 54.6 Å². The van der Waals surface area contributed by atoms with Crippen LogP contribution >= 0.6 is 11.6 Å². The second kappa shape index (κ2) is 3.85. The standard InChI is InChI=1S/C13H11Cl/c1-10(9-14)12-8-4-6-11-5-2-3-7-13(11)12/h2-8H,1,9H2. The fourth-order valence-corrected chi connectivity index (χ4v) is 1.75. The summed E-state index contributed by atoms with van der Waals surface area (Å²) in [6.45, 7) is 3.96. The molecule has 0 aliphatic rings. The Balaban J connectivity index is 2.71. The summed E-state index contributed by atoms with van der Waals surface area (Å²) in [4.78, 5) is 0. The lowest BCUT2D eigenvalue weighted by atomic mass is 10.0.